The molecule has 1 amide bonds. The quantitative estimate of drug-likeness (QED) is 0.548. The molecule has 0 unspecified atom stereocenters. The van der Waals surface area contributed by atoms with Gasteiger partial charge in [0.25, 0.3) is 5.91 Å². The monoisotopic (exact) mass is 204 g/mol. The summed E-state index contributed by atoms with van der Waals surface area (Å²) < 4.78 is 4.93. The Morgan fingerprint density at radius 1 is 1.47 bits per heavy atom. The van der Waals surface area contributed by atoms with E-state index in [0.29, 0.717) is 5.56 Å². The predicted molar refractivity (Wildman–Crippen MR) is 55.0 cm³/mol. The summed E-state index contributed by atoms with van der Waals surface area (Å²) >= 11 is 0. The van der Waals surface area contributed by atoms with Gasteiger partial charge in [0, 0.05) is 12.6 Å². The molecule has 0 bridgehead atoms. The molecular formula is C11H12N2O2. The van der Waals surface area contributed by atoms with Gasteiger partial charge in [-0.1, -0.05) is 18.2 Å². The van der Waals surface area contributed by atoms with Gasteiger partial charge in [0.05, 0.1) is 6.07 Å². The lowest BCUT2D eigenvalue weighted by molar-refractivity contribution is 0.0431. The Labute approximate surface area is 88.7 Å². The third kappa shape index (κ3) is 3.41. The fraction of sp³-hybridized carbons (Fsp3) is 0.273. The summed E-state index contributed by atoms with van der Waals surface area (Å²) in [4.78, 5) is 13.1. The van der Waals surface area contributed by atoms with E-state index < -0.39 is 0 Å². The zero-order chi connectivity index (χ0) is 11.1. The summed E-state index contributed by atoms with van der Waals surface area (Å²) in [6, 6.07) is 10.8. The van der Waals surface area contributed by atoms with E-state index in [4.69, 9.17) is 10.00 Å². The van der Waals surface area contributed by atoms with Crippen molar-refractivity contribution in [3.63, 3.8) is 0 Å². The molecule has 1 aromatic carbocycles. The molecule has 4 heteroatoms. The van der Waals surface area contributed by atoms with Crippen molar-refractivity contribution in [1.82, 2.24) is 4.90 Å². The smallest absolute Gasteiger partial charge is 0.255 e. The number of hydrogen-bond acceptors (Lipinski definition) is 3. The second kappa shape index (κ2) is 5.78. The van der Waals surface area contributed by atoms with E-state index >= 15 is 0 Å². The first-order valence-electron chi connectivity index (χ1n) is 4.51. The van der Waals surface area contributed by atoms with Crippen molar-refractivity contribution in [1.29, 1.82) is 5.26 Å². The van der Waals surface area contributed by atoms with Gasteiger partial charge < -0.3 is 9.64 Å². The maximum absolute atomic E-state index is 11.7. The zero-order valence-electron chi connectivity index (χ0n) is 8.51. The van der Waals surface area contributed by atoms with Crippen LogP contribution < -0.4 is 0 Å². The van der Waals surface area contributed by atoms with Gasteiger partial charge in [-0.3, -0.25) is 4.79 Å². The molecule has 0 aliphatic carbocycles. The van der Waals surface area contributed by atoms with Gasteiger partial charge in [0.1, 0.15) is 13.3 Å². The van der Waals surface area contributed by atoms with Gasteiger partial charge in [0.15, 0.2) is 0 Å². The molecular weight excluding hydrogens is 192 g/mol. The highest BCUT2D eigenvalue weighted by atomic mass is 16.5. The standard InChI is InChI=1S/C11H12N2O2/c1-13(9-15-8-7-12)11(14)10-5-3-2-4-6-10/h2-6H,8-9H2,1H3. The molecule has 0 spiro atoms. The lowest BCUT2D eigenvalue weighted by Gasteiger charge is -2.15. The van der Waals surface area contributed by atoms with Gasteiger partial charge in [0.2, 0.25) is 0 Å². The first-order valence-corrected chi connectivity index (χ1v) is 4.51. The molecule has 0 saturated heterocycles. The fourth-order valence-electron chi connectivity index (χ4n) is 1.09. The fourth-order valence-corrected chi connectivity index (χ4v) is 1.09. The number of benzene rings is 1. The highest BCUT2D eigenvalue weighted by Gasteiger charge is 2.10. The Balaban J connectivity index is 2.51. The van der Waals surface area contributed by atoms with Crippen molar-refractivity contribution in [2.24, 2.45) is 0 Å². The number of hydrogen-bond donors (Lipinski definition) is 0. The van der Waals surface area contributed by atoms with Crippen LogP contribution in [0.4, 0.5) is 0 Å². The third-order valence-corrected chi connectivity index (χ3v) is 1.82. The molecule has 4 nitrogen and oxygen atoms in total. The van der Waals surface area contributed by atoms with Crippen LogP contribution in [-0.4, -0.2) is 31.2 Å². The number of rotatable bonds is 4. The Bertz CT molecular complexity index is 357. The molecule has 0 aliphatic rings. The normalized spacial score (nSPS) is 9.33. The largest absolute Gasteiger partial charge is 0.346 e. The van der Waals surface area contributed by atoms with Gasteiger partial charge >= 0.3 is 0 Å². The molecule has 0 aromatic heterocycles. The van der Waals surface area contributed by atoms with E-state index in [2.05, 4.69) is 0 Å². The summed E-state index contributed by atoms with van der Waals surface area (Å²) in [5.74, 6) is -0.117. The third-order valence-electron chi connectivity index (χ3n) is 1.82. The minimum Gasteiger partial charge on any atom is -0.346 e. The van der Waals surface area contributed by atoms with Crippen molar-refractivity contribution in [3.8, 4) is 6.07 Å². The van der Waals surface area contributed by atoms with Gasteiger partial charge in [-0.15, -0.1) is 0 Å². The van der Waals surface area contributed by atoms with Crippen LogP contribution in [0.2, 0.25) is 0 Å². The molecule has 15 heavy (non-hydrogen) atoms. The molecule has 0 radical (unpaired) electrons. The van der Waals surface area contributed by atoms with Crippen LogP contribution in [0.3, 0.4) is 0 Å². The second-order valence-electron chi connectivity index (χ2n) is 3.00. The summed E-state index contributed by atoms with van der Waals surface area (Å²) in [6.45, 7) is 0.119. The van der Waals surface area contributed by atoms with Crippen LogP contribution in [0.15, 0.2) is 30.3 Å². The highest BCUT2D eigenvalue weighted by molar-refractivity contribution is 5.93. The number of carbonyl (C=O) groups is 1. The van der Waals surface area contributed by atoms with Crippen molar-refractivity contribution in [2.75, 3.05) is 20.4 Å². The van der Waals surface area contributed by atoms with Crippen molar-refractivity contribution in [2.45, 2.75) is 0 Å². The van der Waals surface area contributed by atoms with Crippen LogP contribution in [0, 0.1) is 11.3 Å². The van der Waals surface area contributed by atoms with Crippen molar-refractivity contribution < 1.29 is 9.53 Å². The zero-order valence-corrected chi connectivity index (χ0v) is 8.51. The molecule has 0 saturated carbocycles. The molecule has 78 valence electrons. The van der Waals surface area contributed by atoms with Crippen LogP contribution in [-0.2, 0) is 4.74 Å². The molecule has 0 heterocycles. The van der Waals surface area contributed by atoms with E-state index in [0.717, 1.165) is 0 Å². The molecule has 0 N–H and O–H groups in total. The molecule has 0 fully saturated rings. The Hall–Kier alpha value is -1.86. The van der Waals surface area contributed by atoms with Crippen LogP contribution in [0.25, 0.3) is 0 Å². The Morgan fingerprint density at radius 3 is 2.73 bits per heavy atom. The van der Waals surface area contributed by atoms with Crippen LogP contribution >= 0.6 is 0 Å². The maximum Gasteiger partial charge on any atom is 0.255 e. The minimum absolute atomic E-state index is 0.00753. The maximum atomic E-state index is 11.7. The summed E-state index contributed by atoms with van der Waals surface area (Å²) in [5.41, 5.74) is 0.612. The first-order chi connectivity index (χ1) is 7.25. The van der Waals surface area contributed by atoms with E-state index in [1.165, 1.54) is 4.90 Å². The lowest BCUT2D eigenvalue weighted by Crippen LogP contribution is -2.29. The molecule has 1 aromatic rings. The van der Waals surface area contributed by atoms with E-state index in [-0.39, 0.29) is 19.2 Å². The average Bonchev–Trinajstić information content (AvgIpc) is 2.29. The average molecular weight is 204 g/mol. The van der Waals surface area contributed by atoms with Crippen LogP contribution in [0.5, 0.6) is 0 Å². The number of amides is 1. The number of nitriles is 1. The van der Waals surface area contributed by atoms with E-state index in [9.17, 15) is 4.79 Å². The summed E-state index contributed by atoms with van der Waals surface area (Å²) in [7, 11) is 1.63. The van der Waals surface area contributed by atoms with E-state index in [1.807, 2.05) is 12.1 Å². The number of nitrogens with zero attached hydrogens (tertiary/aromatic N) is 2. The van der Waals surface area contributed by atoms with Crippen LogP contribution in [0.1, 0.15) is 10.4 Å². The Kier molecular flexibility index (Phi) is 4.32. The number of carbonyl (C=O) groups excluding carboxylic acids is 1. The molecule has 1 rings (SSSR count). The minimum atomic E-state index is -0.117. The lowest BCUT2D eigenvalue weighted by atomic mass is 10.2. The Morgan fingerprint density at radius 2 is 2.13 bits per heavy atom. The van der Waals surface area contributed by atoms with Crippen molar-refractivity contribution >= 4 is 5.91 Å². The van der Waals surface area contributed by atoms with Gasteiger partial charge in [-0.25, -0.2) is 0 Å². The second-order valence-corrected chi connectivity index (χ2v) is 3.00. The molecule has 0 atom stereocenters. The van der Waals surface area contributed by atoms with E-state index in [1.54, 1.807) is 31.3 Å². The van der Waals surface area contributed by atoms with Crippen molar-refractivity contribution in [3.05, 3.63) is 35.9 Å². The summed E-state index contributed by atoms with van der Waals surface area (Å²) in [6.07, 6.45) is 0. The first kappa shape index (κ1) is 11.2. The van der Waals surface area contributed by atoms with Gasteiger partial charge in [-0.2, -0.15) is 5.26 Å². The summed E-state index contributed by atoms with van der Waals surface area (Å²) in [5, 5.41) is 8.26. The predicted octanol–water partition coefficient (Wildman–Crippen LogP) is 1.26. The molecule has 0 aliphatic heterocycles. The van der Waals surface area contributed by atoms with Gasteiger partial charge in [-0.05, 0) is 12.1 Å². The highest BCUT2D eigenvalue weighted by Crippen LogP contribution is 2.02. The SMILES string of the molecule is CN(COCC#N)C(=O)c1ccccc1. The number of ether oxygens (including phenoxy) is 1. The topological polar surface area (TPSA) is 53.3 Å².